The number of amides is 1. The molecular formula is C18H21NO6S. The number of carbonyl (C=O) groups excluding carboxylic acids is 1. The van der Waals surface area contributed by atoms with Gasteiger partial charge < -0.3 is 19.5 Å². The zero-order valence-electron chi connectivity index (χ0n) is 14.8. The van der Waals surface area contributed by atoms with Crippen LogP contribution in [0.5, 0.6) is 17.2 Å². The number of hydrogen-bond acceptors (Lipinski definition) is 6. The van der Waals surface area contributed by atoms with Gasteiger partial charge in [0.05, 0.1) is 37.7 Å². The number of ether oxygens (including phenoxy) is 3. The summed E-state index contributed by atoms with van der Waals surface area (Å²) in [7, 11) is 0.736. The monoisotopic (exact) mass is 379 g/mol. The van der Waals surface area contributed by atoms with Crippen molar-refractivity contribution in [2.45, 2.75) is 11.3 Å². The van der Waals surface area contributed by atoms with Gasteiger partial charge in [0.1, 0.15) is 5.75 Å². The van der Waals surface area contributed by atoms with Crippen LogP contribution < -0.4 is 19.5 Å². The van der Waals surface area contributed by atoms with Crippen molar-refractivity contribution in [3.63, 3.8) is 0 Å². The number of anilines is 1. The smallest absolute Gasteiger partial charge is 0.225 e. The zero-order valence-corrected chi connectivity index (χ0v) is 15.6. The van der Waals surface area contributed by atoms with E-state index >= 15 is 0 Å². The van der Waals surface area contributed by atoms with Crippen molar-refractivity contribution >= 4 is 21.4 Å². The summed E-state index contributed by atoms with van der Waals surface area (Å²) in [6.07, 6.45) is -0.186. The fourth-order valence-corrected chi connectivity index (χ4v) is 3.57. The Morgan fingerprint density at radius 3 is 2.23 bits per heavy atom. The molecule has 0 radical (unpaired) electrons. The number of methoxy groups -OCH3 is 3. The van der Waals surface area contributed by atoms with E-state index < -0.39 is 15.7 Å². The van der Waals surface area contributed by atoms with Gasteiger partial charge in [0.2, 0.25) is 5.91 Å². The van der Waals surface area contributed by atoms with Crippen LogP contribution in [0.2, 0.25) is 0 Å². The molecule has 0 aliphatic heterocycles. The zero-order chi connectivity index (χ0) is 19.2. The molecule has 0 bridgehead atoms. The highest BCUT2D eigenvalue weighted by Crippen LogP contribution is 2.30. The Morgan fingerprint density at radius 2 is 1.58 bits per heavy atom. The number of nitrogens with one attached hydrogen (secondary N) is 1. The van der Waals surface area contributed by atoms with Crippen LogP contribution >= 0.6 is 0 Å². The van der Waals surface area contributed by atoms with E-state index in [4.69, 9.17) is 14.2 Å². The van der Waals surface area contributed by atoms with Gasteiger partial charge in [-0.3, -0.25) is 4.79 Å². The minimum Gasteiger partial charge on any atom is -0.495 e. The molecule has 140 valence electrons. The highest BCUT2D eigenvalue weighted by Gasteiger charge is 2.19. The summed E-state index contributed by atoms with van der Waals surface area (Å²) in [4.78, 5) is 12.2. The van der Waals surface area contributed by atoms with Gasteiger partial charge >= 0.3 is 0 Å². The summed E-state index contributed by atoms with van der Waals surface area (Å²) in [5.74, 6) is 0.498. The summed E-state index contributed by atoms with van der Waals surface area (Å²) in [5, 5.41) is 2.65. The second-order valence-corrected chi connectivity index (χ2v) is 7.44. The van der Waals surface area contributed by atoms with Crippen LogP contribution in [0.25, 0.3) is 0 Å². The molecule has 2 aromatic carbocycles. The normalized spacial score (nSPS) is 10.9. The van der Waals surface area contributed by atoms with Crippen molar-refractivity contribution in [1.29, 1.82) is 0 Å². The van der Waals surface area contributed by atoms with Crippen molar-refractivity contribution in [3.8, 4) is 17.2 Å². The Labute approximate surface area is 152 Å². The molecule has 8 heteroatoms. The molecule has 0 aromatic heterocycles. The van der Waals surface area contributed by atoms with E-state index in [1.807, 2.05) is 0 Å². The van der Waals surface area contributed by atoms with E-state index in [1.165, 1.54) is 39.5 Å². The topological polar surface area (TPSA) is 90.9 Å². The van der Waals surface area contributed by atoms with Crippen molar-refractivity contribution in [1.82, 2.24) is 0 Å². The molecular weight excluding hydrogens is 358 g/mol. The minimum absolute atomic E-state index is 0.0697. The average Bonchev–Trinajstić information content (AvgIpc) is 2.66. The van der Waals surface area contributed by atoms with E-state index in [0.717, 1.165) is 0 Å². The molecule has 2 aromatic rings. The first-order valence-corrected chi connectivity index (χ1v) is 9.44. The van der Waals surface area contributed by atoms with E-state index in [1.54, 1.807) is 24.3 Å². The largest absolute Gasteiger partial charge is 0.495 e. The Morgan fingerprint density at radius 1 is 0.923 bits per heavy atom. The summed E-state index contributed by atoms with van der Waals surface area (Å²) in [5.41, 5.74) is 0.489. The number of sulfone groups is 1. The number of hydrogen-bond donors (Lipinski definition) is 1. The molecule has 0 atom stereocenters. The van der Waals surface area contributed by atoms with Crippen LogP contribution in [0, 0.1) is 0 Å². The second-order valence-electron chi connectivity index (χ2n) is 5.33. The second kappa shape index (κ2) is 8.57. The molecule has 1 amide bonds. The lowest BCUT2D eigenvalue weighted by Crippen LogP contribution is -2.18. The number of rotatable bonds is 8. The molecule has 1 N–H and O–H groups in total. The van der Waals surface area contributed by atoms with E-state index in [2.05, 4.69) is 5.32 Å². The quantitative estimate of drug-likeness (QED) is 0.758. The minimum atomic E-state index is -3.65. The Balaban J connectivity index is 2.07. The molecule has 0 aliphatic rings. The molecule has 0 heterocycles. The summed E-state index contributed by atoms with van der Waals surface area (Å²) in [6.45, 7) is 0. The molecule has 26 heavy (non-hydrogen) atoms. The molecule has 7 nitrogen and oxygen atoms in total. The molecule has 0 saturated carbocycles. The molecule has 2 rings (SSSR count). The van der Waals surface area contributed by atoms with Crippen molar-refractivity contribution < 1.29 is 27.4 Å². The van der Waals surface area contributed by atoms with Gasteiger partial charge in [0, 0.05) is 12.5 Å². The van der Waals surface area contributed by atoms with Crippen LogP contribution in [0.15, 0.2) is 47.4 Å². The lowest BCUT2D eigenvalue weighted by atomic mass is 10.3. The van der Waals surface area contributed by atoms with Crippen LogP contribution in [0.4, 0.5) is 5.69 Å². The van der Waals surface area contributed by atoms with Crippen LogP contribution in [0.3, 0.4) is 0 Å². The number of para-hydroxylation sites is 2. The first-order chi connectivity index (χ1) is 12.4. The predicted octanol–water partition coefficient (Wildman–Crippen LogP) is 2.51. The van der Waals surface area contributed by atoms with Gasteiger partial charge in [-0.15, -0.1) is 0 Å². The lowest BCUT2D eigenvalue weighted by Gasteiger charge is -2.11. The van der Waals surface area contributed by atoms with Gasteiger partial charge in [0.25, 0.3) is 0 Å². The fourth-order valence-electron chi connectivity index (χ4n) is 2.32. The molecule has 0 aliphatic carbocycles. The molecule has 0 spiro atoms. The lowest BCUT2D eigenvalue weighted by molar-refractivity contribution is -0.115. The number of benzene rings is 2. The van der Waals surface area contributed by atoms with Gasteiger partial charge in [-0.05, 0) is 24.3 Å². The highest BCUT2D eigenvalue weighted by molar-refractivity contribution is 7.91. The first kappa shape index (κ1) is 19.6. The molecule has 0 unspecified atom stereocenters. The third kappa shape index (κ3) is 4.66. The van der Waals surface area contributed by atoms with Crippen LogP contribution in [0.1, 0.15) is 6.42 Å². The molecule has 0 saturated heterocycles. The van der Waals surface area contributed by atoms with Gasteiger partial charge in [0.15, 0.2) is 21.3 Å². The van der Waals surface area contributed by atoms with Crippen LogP contribution in [-0.2, 0) is 14.6 Å². The Hall–Kier alpha value is -2.74. The summed E-state index contributed by atoms with van der Waals surface area (Å²) >= 11 is 0. The van der Waals surface area contributed by atoms with Gasteiger partial charge in [-0.1, -0.05) is 12.1 Å². The number of carbonyl (C=O) groups is 1. The maximum Gasteiger partial charge on any atom is 0.225 e. The predicted molar refractivity (Wildman–Crippen MR) is 97.8 cm³/mol. The average molecular weight is 379 g/mol. The van der Waals surface area contributed by atoms with Crippen molar-refractivity contribution in [2.75, 3.05) is 32.4 Å². The Bertz CT molecular complexity index is 879. The van der Waals surface area contributed by atoms with Crippen LogP contribution in [-0.4, -0.2) is 41.4 Å². The maximum atomic E-state index is 12.5. The van der Waals surface area contributed by atoms with Gasteiger partial charge in [-0.2, -0.15) is 0 Å². The van der Waals surface area contributed by atoms with Gasteiger partial charge in [-0.25, -0.2) is 8.42 Å². The maximum absolute atomic E-state index is 12.5. The third-order valence-electron chi connectivity index (χ3n) is 3.69. The van der Waals surface area contributed by atoms with E-state index in [-0.39, 0.29) is 17.1 Å². The summed E-state index contributed by atoms with van der Waals surface area (Å²) in [6, 6.07) is 11.2. The Kier molecular flexibility index (Phi) is 6.46. The van der Waals surface area contributed by atoms with E-state index in [0.29, 0.717) is 22.9 Å². The third-order valence-corrected chi connectivity index (χ3v) is 5.41. The summed E-state index contributed by atoms with van der Waals surface area (Å²) < 4.78 is 40.3. The SMILES string of the molecule is COc1ccccc1NC(=O)CCS(=O)(=O)c1ccc(OC)c(OC)c1. The highest BCUT2D eigenvalue weighted by atomic mass is 32.2. The first-order valence-electron chi connectivity index (χ1n) is 7.79. The standard InChI is InChI=1S/C18H21NO6S/c1-23-15-7-5-4-6-14(15)19-18(20)10-11-26(21,22)13-8-9-16(24-2)17(12-13)25-3/h4-9,12H,10-11H2,1-3H3,(H,19,20). The van der Waals surface area contributed by atoms with Crippen molar-refractivity contribution in [3.05, 3.63) is 42.5 Å². The van der Waals surface area contributed by atoms with E-state index in [9.17, 15) is 13.2 Å². The molecule has 0 fully saturated rings. The fraction of sp³-hybridized carbons (Fsp3) is 0.278. The van der Waals surface area contributed by atoms with Crippen molar-refractivity contribution in [2.24, 2.45) is 0 Å².